The number of hydrogen-bond donors (Lipinski definition) is 1. The smallest absolute Gasteiger partial charge is 0.193 e. The van der Waals surface area contributed by atoms with E-state index in [1.54, 1.807) is 0 Å². The van der Waals surface area contributed by atoms with Crippen LogP contribution in [-0.4, -0.2) is 93.3 Å². The van der Waals surface area contributed by atoms with Crippen LogP contribution in [0.15, 0.2) is 29.3 Å². The number of benzene rings is 1. The molecule has 0 aliphatic carbocycles. The molecule has 2 saturated heterocycles. The van der Waals surface area contributed by atoms with E-state index in [4.69, 9.17) is 16.3 Å². The van der Waals surface area contributed by atoms with Crippen molar-refractivity contribution in [2.45, 2.75) is 24.9 Å². The molecule has 1 N–H and O–H groups in total. The van der Waals surface area contributed by atoms with Crippen molar-refractivity contribution in [3.63, 3.8) is 0 Å². The Morgan fingerprint density at radius 1 is 1.14 bits per heavy atom. The van der Waals surface area contributed by atoms with Crippen molar-refractivity contribution in [3.05, 3.63) is 34.9 Å². The third kappa shape index (κ3) is 6.69. The zero-order chi connectivity index (χ0) is 20.0. The van der Waals surface area contributed by atoms with Gasteiger partial charge in [0.1, 0.15) is 0 Å². The quantitative estimate of drug-likeness (QED) is 0.357. The fourth-order valence-corrected chi connectivity index (χ4v) is 4.20. The average Bonchev–Trinajstić information content (AvgIpc) is 2.72. The van der Waals surface area contributed by atoms with Crippen LogP contribution < -0.4 is 5.32 Å². The standard InChI is InChI=1S/C21H34ClN5O.HI/c1-23-20(24-17-21(25(2)3)8-14-28-15-9-21)27-12-10-26(11-13-27)16-18-4-6-19(22)7-5-18;/h4-7H,8-17H2,1-3H3,(H,23,24);1H. The molecule has 0 bridgehead atoms. The molecule has 0 radical (unpaired) electrons. The van der Waals surface area contributed by atoms with Gasteiger partial charge in [0.05, 0.1) is 0 Å². The van der Waals surface area contributed by atoms with Crippen LogP contribution in [0, 0.1) is 0 Å². The fourth-order valence-electron chi connectivity index (χ4n) is 4.08. The van der Waals surface area contributed by atoms with E-state index >= 15 is 0 Å². The fraction of sp³-hybridized carbons (Fsp3) is 0.667. The first-order valence-electron chi connectivity index (χ1n) is 10.2. The maximum Gasteiger partial charge on any atom is 0.193 e. The van der Waals surface area contributed by atoms with E-state index in [1.807, 2.05) is 19.2 Å². The number of guanidine groups is 1. The van der Waals surface area contributed by atoms with Gasteiger partial charge in [0, 0.05) is 70.1 Å². The van der Waals surface area contributed by atoms with E-state index in [2.05, 4.69) is 51.2 Å². The van der Waals surface area contributed by atoms with Gasteiger partial charge in [-0.05, 0) is 44.6 Å². The minimum atomic E-state index is 0. The van der Waals surface area contributed by atoms with Crippen LogP contribution in [0.4, 0.5) is 0 Å². The molecule has 2 heterocycles. The highest BCUT2D eigenvalue weighted by molar-refractivity contribution is 14.0. The van der Waals surface area contributed by atoms with E-state index in [0.717, 1.165) is 76.3 Å². The Labute approximate surface area is 197 Å². The number of rotatable bonds is 5. The summed E-state index contributed by atoms with van der Waals surface area (Å²) in [6.07, 6.45) is 2.11. The highest BCUT2D eigenvalue weighted by Crippen LogP contribution is 2.25. The lowest BCUT2D eigenvalue weighted by Gasteiger charge is -2.44. The van der Waals surface area contributed by atoms with Crippen molar-refractivity contribution < 1.29 is 4.74 Å². The zero-order valence-electron chi connectivity index (χ0n) is 17.9. The van der Waals surface area contributed by atoms with Crippen molar-refractivity contribution in [3.8, 4) is 0 Å². The molecular formula is C21H35ClIN5O. The molecule has 0 aromatic heterocycles. The summed E-state index contributed by atoms with van der Waals surface area (Å²) in [5.74, 6) is 1.01. The Morgan fingerprint density at radius 3 is 2.31 bits per heavy atom. The van der Waals surface area contributed by atoms with Gasteiger partial charge in [0.2, 0.25) is 0 Å². The topological polar surface area (TPSA) is 43.3 Å². The molecule has 2 fully saturated rings. The first-order valence-corrected chi connectivity index (χ1v) is 10.6. The second kappa shape index (κ2) is 11.7. The van der Waals surface area contributed by atoms with Gasteiger partial charge >= 0.3 is 0 Å². The monoisotopic (exact) mass is 535 g/mol. The molecule has 1 aromatic rings. The molecule has 6 nitrogen and oxygen atoms in total. The molecule has 0 unspecified atom stereocenters. The predicted molar refractivity (Wildman–Crippen MR) is 132 cm³/mol. The lowest BCUT2D eigenvalue weighted by molar-refractivity contribution is -0.00535. The van der Waals surface area contributed by atoms with E-state index in [9.17, 15) is 0 Å². The SMILES string of the molecule is CN=C(NCC1(N(C)C)CCOCC1)N1CCN(Cc2ccc(Cl)cc2)CC1.I. The second-order valence-electron chi connectivity index (χ2n) is 8.02. The molecule has 8 heteroatoms. The third-order valence-corrected chi connectivity index (χ3v) is 6.40. The van der Waals surface area contributed by atoms with Gasteiger partial charge in [-0.2, -0.15) is 0 Å². The summed E-state index contributed by atoms with van der Waals surface area (Å²) in [6.45, 7) is 7.61. The first kappa shape index (κ1) is 24.7. The van der Waals surface area contributed by atoms with Crippen molar-refractivity contribution in [1.82, 2.24) is 20.0 Å². The molecule has 0 amide bonds. The Kier molecular flexibility index (Phi) is 9.94. The molecule has 0 saturated carbocycles. The van der Waals surface area contributed by atoms with Crippen molar-refractivity contribution in [2.24, 2.45) is 4.99 Å². The molecule has 29 heavy (non-hydrogen) atoms. The van der Waals surface area contributed by atoms with Gasteiger partial charge < -0.3 is 19.9 Å². The lowest BCUT2D eigenvalue weighted by atomic mass is 9.88. The largest absolute Gasteiger partial charge is 0.381 e. The van der Waals surface area contributed by atoms with Crippen molar-refractivity contribution >= 4 is 41.5 Å². The Bertz CT molecular complexity index is 641. The zero-order valence-corrected chi connectivity index (χ0v) is 21.0. The highest BCUT2D eigenvalue weighted by atomic mass is 127. The minimum Gasteiger partial charge on any atom is -0.381 e. The van der Waals surface area contributed by atoms with Crippen LogP contribution in [0.25, 0.3) is 0 Å². The Morgan fingerprint density at radius 2 is 1.76 bits per heavy atom. The highest BCUT2D eigenvalue weighted by Gasteiger charge is 2.35. The Hall–Kier alpha value is -0.610. The molecule has 0 spiro atoms. The summed E-state index contributed by atoms with van der Waals surface area (Å²) >= 11 is 5.99. The van der Waals surface area contributed by atoms with Crippen LogP contribution in [0.2, 0.25) is 5.02 Å². The number of nitrogens with one attached hydrogen (secondary N) is 1. The maximum atomic E-state index is 5.99. The van der Waals surface area contributed by atoms with Gasteiger partial charge in [-0.15, -0.1) is 24.0 Å². The summed E-state index contributed by atoms with van der Waals surface area (Å²) in [5, 5.41) is 4.44. The molecule has 3 rings (SSSR count). The number of halogens is 2. The third-order valence-electron chi connectivity index (χ3n) is 6.15. The molecule has 0 atom stereocenters. The van der Waals surface area contributed by atoms with Crippen LogP contribution in [0.5, 0.6) is 0 Å². The number of likely N-dealkylation sites (N-methyl/N-ethyl adjacent to an activating group) is 1. The van der Waals surface area contributed by atoms with Gasteiger partial charge in [0.15, 0.2) is 5.96 Å². The van der Waals surface area contributed by atoms with E-state index in [1.165, 1.54) is 5.56 Å². The van der Waals surface area contributed by atoms with Crippen molar-refractivity contribution in [2.75, 3.05) is 67.1 Å². The number of piperazine rings is 1. The lowest BCUT2D eigenvalue weighted by Crippen LogP contribution is -2.59. The van der Waals surface area contributed by atoms with E-state index < -0.39 is 0 Å². The van der Waals surface area contributed by atoms with Crippen LogP contribution in [0.3, 0.4) is 0 Å². The van der Waals surface area contributed by atoms with Crippen LogP contribution >= 0.6 is 35.6 Å². The summed E-state index contributed by atoms with van der Waals surface area (Å²) in [7, 11) is 6.23. The van der Waals surface area contributed by atoms with Gasteiger partial charge in [0.25, 0.3) is 0 Å². The Balaban J connectivity index is 0.00000300. The van der Waals surface area contributed by atoms with Gasteiger partial charge in [-0.3, -0.25) is 9.89 Å². The van der Waals surface area contributed by atoms with E-state index in [-0.39, 0.29) is 29.5 Å². The summed E-state index contributed by atoms with van der Waals surface area (Å²) < 4.78 is 5.58. The van der Waals surface area contributed by atoms with Crippen molar-refractivity contribution in [1.29, 1.82) is 0 Å². The predicted octanol–water partition coefficient (Wildman–Crippen LogP) is 2.76. The normalized spacial score (nSPS) is 20.4. The van der Waals surface area contributed by atoms with Gasteiger partial charge in [-0.1, -0.05) is 23.7 Å². The summed E-state index contributed by atoms with van der Waals surface area (Å²) in [6, 6.07) is 8.17. The minimum absolute atomic E-state index is 0. The molecule has 1 aromatic carbocycles. The summed E-state index contributed by atoms with van der Waals surface area (Å²) in [5.41, 5.74) is 1.46. The molecular weight excluding hydrogens is 501 g/mol. The van der Waals surface area contributed by atoms with E-state index in [0.29, 0.717) is 0 Å². The number of ether oxygens (including phenoxy) is 1. The molecule has 2 aliphatic rings. The van der Waals surface area contributed by atoms with Crippen LogP contribution in [0.1, 0.15) is 18.4 Å². The number of hydrogen-bond acceptors (Lipinski definition) is 4. The number of aliphatic imine (C=N–C) groups is 1. The summed E-state index contributed by atoms with van der Waals surface area (Å²) in [4.78, 5) is 11.8. The molecule has 2 aliphatic heterocycles. The first-order chi connectivity index (χ1) is 13.5. The second-order valence-corrected chi connectivity index (χ2v) is 8.46. The van der Waals surface area contributed by atoms with Crippen LogP contribution in [-0.2, 0) is 11.3 Å². The molecule has 164 valence electrons. The van der Waals surface area contributed by atoms with Gasteiger partial charge in [-0.25, -0.2) is 0 Å². The average molecular weight is 536 g/mol. The maximum absolute atomic E-state index is 5.99. The number of nitrogens with zero attached hydrogens (tertiary/aromatic N) is 4.